The zero-order valence-corrected chi connectivity index (χ0v) is 8.21. The normalized spacial score (nSPS) is 10.5. The lowest BCUT2D eigenvalue weighted by Crippen LogP contribution is -2.09. The van der Waals surface area contributed by atoms with Crippen LogP contribution < -0.4 is 5.43 Å². The molecule has 5 heteroatoms. The molecule has 0 unspecified atom stereocenters. The van der Waals surface area contributed by atoms with Gasteiger partial charge in [0.1, 0.15) is 5.69 Å². The van der Waals surface area contributed by atoms with Crippen molar-refractivity contribution in [1.82, 2.24) is 4.98 Å². The van der Waals surface area contributed by atoms with E-state index in [2.05, 4.69) is 4.98 Å². The first-order valence-electron chi connectivity index (χ1n) is 4.14. The van der Waals surface area contributed by atoms with Crippen molar-refractivity contribution in [3.05, 3.63) is 45.2 Å². The van der Waals surface area contributed by atoms with Crippen molar-refractivity contribution in [3.8, 4) is 0 Å². The number of pyridine rings is 1. The van der Waals surface area contributed by atoms with Crippen LogP contribution in [0.25, 0.3) is 10.9 Å². The summed E-state index contributed by atoms with van der Waals surface area (Å²) >= 11 is 5.83. The smallest absolute Gasteiger partial charge is 0.352 e. The number of aromatic carboxylic acids is 1. The number of benzene rings is 1. The van der Waals surface area contributed by atoms with E-state index in [9.17, 15) is 9.59 Å². The average Bonchev–Trinajstić information content (AvgIpc) is 2.17. The fourth-order valence-electron chi connectivity index (χ4n) is 1.38. The van der Waals surface area contributed by atoms with Crippen LogP contribution in [0.3, 0.4) is 0 Å². The van der Waals surface area contributed by atoms with Crippen molar-refractivity contribution in [3.63, 3.8) is 0 Å². The van der Waals surface area contributed by atoms with Crippen LogP contribution in [0.4, 0.5) is 0 Å². The van der Waals surface area contributed by atoms with Crippen LogP contribution in [0.1, 0.15) is 10.5 Å². The van der Waals surface area contributed by atoms with Crippen molar-refractivity contribution in [2.24, 2.45) is 0 Å². The third-order valence-electron chi connectivity index (χ3n) is 2.04. The summed E-state index contributed by atoms with van der Waals surface area (Å²) in [6, 6.07) is 5.86. The van der Waals surface area contributed by atoms with Crippen LogP contribution in [0.5, 0.6) is 0 Å². The fourth-order valence-corrected chi connectivity index (χ4v) is 1.65. The number of aromatic amines is 1. The Kier molecular flexibility index (Phi) is 2.21. The molecule has 0 amide bonds. The highest BCUT2D eigenvalue weighted by molar-refractivity contribution is 6.35. The summed E-state index contributed by atoms with van der Waals surface area (Å²) < 4.78 is 0. The molecule has 1 aromatic heterocycles. The van der Waals surface area contributed by atoms with Gasteiger partial charge in [0.15, 0.2) is 5.43 Å². The van der Waals surface area contributed by atoms with Crippen LogP contribution in [0.2, 0.25) is 5.02 Å². The molecular formula is C10H6ClNO3. The van der Waals surface area contributed by atoms with Gasteiger partial charge in [0.05, 0.1) is 15.9 Å². The van der Waals surface area contributed by atoms with Gasteiger partial charge in [0.25, 0.3) is 0 Å². The maximum absolute atomic E-state index is 11.6. The molecule has 0 saturated carbocycles. The van der Waals surface area contributed by atoms with E-state index in [0.29, 0.717) is 15.9 Å². The predicted molar refractivity (Wildman–Crippen MR) is 56.5 cm³/mol. The minimum atomic E-state index is -1.17. The minimum absolute atomic E-state index is 0.144. The molecule has 0 atom stereocenters. The van der Waals surface area contributed by atoms with Crippen LogP contribution in [-0.4, -0.2) is 16.1 Å². The van der Waals surface area contributed by atoms with E-state index in [1.165, 1.54) is 0 Å². The molecule has 0 bridgehead atoms. The van der Waals surface area contributed by atoms with Crippen LogP contribution in [0, 0.1) is 0 Å². The SMILES string of the molecule is O=C(O)c1cc(=O)c2c(Cl)cccc2[nH]1. The van der Waals surface area contributed by atoms with Gasteiger partial charge in [-0.05, 0) is 12.1 Å². The number of hydrogen-bond acceptors (Lipinski definition) is 2. The standard InChI is InChI=1S/C10H6ClNO3/c11-5-2-1-3-6-9(5)8(13)4-7(12-6)10(14)15/h1-4H,(H,12,13)(H,14,15). The number of aromatic nitrogens is 1. The highest BCUT2D eigenvalue weighted by atomic mass is 35.5. The van der Waals surface area contributed by atoms with Gasteiger partial charge >= 0.3 is 5.97 Å². The van der Waals surface area contributed by atoms with E-state index in [1.807, 2.05) is 0 Å². The molecule has 0 aliphatic heterocycles. The summed E-state index contributed by atoms with van der Waals surface area (Å²) in [5, 5.41) is 9.36. The lowest BCUT2D eigenvalue weighted by atomic mass is 10.2. The topological polar surface area (TPSA) is 70.2 Å². The van der Waals surface area contributed by atoms with Crippen LogP contribution in [0.15, 0.2) is 29.1 Å². The number of nitrogens with one attached hydrogen (secondary N) is 1. The van der Waals surface area contributed by atoms with Crippen molar-refractivity contribution in [2.75, 3.05) is 0 Å². The van der Waals surface area contributed by atoms with E-state index >= 15 is 0 Å². The van der Waals surface area contributed by atoms with E-state index in [-0.39, 0.29) is 5.69 Å². The second-order valence-corrected chi connectivity index (χ2v) is 3.42. The first-order valence-corrected chi connectivity index (χ1v) is 4.52. The number of H-pyrrole nitrogens is 1. The Labute approximate surface area is 89.1 Å². The molecule has 1 heterocycles. The Hall–Kier alpha value is -1.81. The van der Waals surface area contributed by atoms with Gasteiger partial charge in [-0.15, -0.1) is 0 Å². The quantitative estimate of drug-likeness (QED) is 0.776. The van der Waals surface area contributed by atoms with Gasteiger partial charge in [-0.1, -0.05) is 17.7 Å². The van der Waals surface area contributed by atoms with E-state index in [4.69, 9.17) is 16.7 Å². The molecule has 2 aromatic rings. The average molecular weight is 224 g/mol. The third kappa shape index (κ3) is 1.59. The van der Waals surface area contributed by atoms with E-state index in [0.717, 1.165) is 6.07 Å². The second kappa shape index (κ2) is 3.40. The van der Waals surface area contributed by atoms with Gasteiger partial charge in [0.2, 0.25) is 0 Å². The molecule has 2 rings (SSSR count). The summed E-state index contributed by atoms with van der Waals surface area (Å²) in [4.78, 5) is 24.9. The predicted octanol–water partition coefficient (Wildman–Crippen LogP) is 1.88. The summed E-state index contributed by atoms with van der Waals surface area (Å²) in [6.07, 6.45) is 0. The largest absolute Gasteiger partial charge is 0.477 e. The molecule has 76 valence electrons. The Balaban J connectivity index is 2.91. The molecule has 0 aliphatic rings. The van der Waals surface area contributed by atoms with Gasteiger partial charge in [-0.25, -0.2) is 4.79 Å². The highest BCUT2D eigenvalue weighted by Gasteiger charge is 2.09. The van der Waals surface area contributed by atoms with Gasteiger partial charge < -0.3 is 10.1 Å². The second-order valence-electron chi connectivity index (χ2n) is 3.01. The lowest BCUT2D eigenvalue weighted by molar-refractivity contribution is 0.0691. The Morgan fingerprint density at radius 1 is 1.40 bits per heavy atom. The maximum Gasteiger partial charge on any atom is 0.352 e. The monoisotopic (exact) mass is 223 g/mol. The highest BCUT2D eigenvalue weighted by Crippen LogP contribution is 2.18. The number of rotatable bonds is 1. The Bertz CT molecular complexity index is 603. The molecule has 2 N–H and O–H groups in total. The summed E-state index contributed by atoms with van der Waals surface area (Å²) in [6.45, 7) is 0. The number of carboxylic acids is 1. The Morgan fingerprint density at radius 2 is 2.13 bits per heavy atom. The van der Waals surface area contributed by atoms with Crippen molar-refractivity contribution >= 4 is 28.5 Å². The summed E-state index contributed by atoms with van der Waals surface area (Å²) in [5.74, 6) is -1.17. The van der Waals surface area contributed by atoms with Crippen molar-refractivity contribution < 1.29 is 9.90 Å². The third-order valence-corrected chi connectivity index (χ3v) is 2.35. The lowest BCUT2D eigenvalue weighted by Gasteiger charge is -2.01. The first-order chi connectivity index (χ1) is 7.09. The summed E-state index contributed by atoms with van der Waals surface area (Å²) in [7, 11) is 0. The number of fused-ring (bicyclic) bond motifs is 1. The molecule has 0 spiro atoms. The molecule has 1 aromatic carbocycles. The number of hydrogen-bond donors (Lipinski definition) is 2. The molecule has 15 heavy (non-hydrogen) atoms. The van der Waals surface area contributed by atoms with Gasteiger partial charge in [-0.2, -0.15) is 0 Å². The number of carboxylic acid groups (broad SMARTS) is 1. The van der Waals surface area contributed by atoms with E-state index < -0.39 is 11.4 Å². The van der Waals surface area contributed by atoms with Crippen molar-refractivity contribution in [2.45, 2.75) is 0 Å². The summed E-state index contributed by atoms with van der Waals surface area (Å²) in [5.41, 5.74) is -0.117. The molecule has 0 aliphatic carbocycles. The van der Waals surface area contributed by atoms with Crippen LogP contribution >= 0.6 is 11.6 Å². The van der Waals surface area contributed by atoms with Gasteiger partial charge in [-0.3, -0.25) is 4.79 Å². The number of halogens is 1. The van der Waals surface area contributed by atoms with Crippen LogP contribution in [-0.2, 0) is 0 Å². The number of carbonyl (C=O) groups is 1. The first kappa shape index (κ1) is 9.73. The van der Waals surface area contributed by atoms with Crippen molar-refractivity contribution in [1.29, 1.82) is 0 Å². The molecular weight excluding hydrogens is 218 g/mol. The maximum atomic E-state index is 11.6. The molecule has 0 saturated heterocycles. The molecule has 0 fully saturated rings. The Morgan fingerprint density at radius 3 is 2.80 bits per heavy atom. The molecule has 0 radical (unpaired) electrons. The van der Waals surface area contributed by atoms with E-state index in [1.54, 1.807) is 18.2 Å². The fraction of sp³-hybridized carbons (Fsp3) is 0. The zero-order chi connectivity index (χ0) is 11.0. The zero-order valence-electron chi connectivity index (χ0n) is 7.45. The van der Waals surface area contributed by atoms with Gasteiger partial charge in [0, 0.05) is 6.07 Å². The molecule has 4 nitrogen and oxygen atoms in total. The minimum Gasteiger partial charge on any atom is -0.477 e.